The van der Waals surface area contributed by atoms with Crippen molar-refractivity contribution < 1.29 is 14.4 Å². The van der Waals surface area contributed by atoms with Crippen molar-refractivity contribution in [3.05, 3.63) is 33.8 Å². The molecule has 0 unspecified atom stereocenters. The van der Waals surface area contributed by atoms with E-state index < -0.39 is 23.8 Å². The molecule has 6 N–H and O–H groups in total. The fourth-order valence-corrected chi connectivity index (χ4v) is 2.53. The van der Waals surface area contributed by atoms with Crippen LogP contribution in [0.2, 0.25) is 10.0 Å². The minimum absolute atomic E-state index is 0.0196. The van der Waals surface area contributed by atoms with Crippen LogP contribution in [0.5, 0.6) is 0 Å². The molecule has 8 nitrogen and oxygen atoms in total. The van der Waals surface area contributed by atoms with Crippen molar-refractivity contribution in [3.63, 3.8) is 0 Å². The Morgan fingerprint density at radius 3 is 2.22 bits per heavy atom. The molecule has 0 aliphatic heterocycles. The van der Waals surface area contributed by atoms with Gasteiger partial charge in [0.05, 0.1) is 12.5 Å². The molecule has 0 spiro atoms. The number of nitrogens with two attached hydrogens (primary N) is 1. The zero-order chi connectivity index (χ0) is 20.6. The standard InChI is InChI=1S/C17H23Cl2N5O3/c1-9(2)15(20)16(27)22-7-6-13(25)23-17(21)24-14(26)8-10-11(18)4-3-5-12(10)19/h3-5,9,15H,6-8,20H2,1-2H3,(H,22,27)(H3,21,23,24,25,26)/t15-/m1/s1. The van der Waals surface area contributed by atoms with Gasteiger partial charge in [-0.2, -0.15) is 0 Å². The number of hydrogen-bond acceptors (Lipinski definition) is 5. The minimum atomic E-state index is -0.651. The topological polar surface area (TPSA) is 137 Å². The van der Waals surface area contributed by atoms with E-state index in [4.69, 9.17) is 34.3 Å². The first kappa shape index (κ1) is 22.9. The second-order valence-corrected chi connectivity index (χ2v) is 6.97. The van der Waals surface area contributed by atoms with Crippen LogP contribution in [0.4, 0.5) is 0 Å². The molecular formula is C17H23Cl2N5O3. The van der Waals surface area contributed by atoms with Gasteiger partial charge in [0.1, 0.15) is 0 Å². The summed E-state index contributed by atoms with van der Waals surface area (Å²) in [7, 11) is 0. The SMILES string of the molecule is CC(C)[C@@H](N)C(=O)NCCC(=O)NC(=N)NC(=O)Cc1c(Cl)cccc1Cl. The summed E-state index contributed by atoms with van der Waals surface area (Å²) in [5.41, 5.74) is 6.12. The molecule has 1 rings (SSSR count). The summed E-state index contributed by atoms with van der Waals surface area (Å²) < 4.78 is 0. The molecule has 0 saturated carbocycles. The Bertz CT molecular complexity index is 704. The molecular weight excluding hydrogens is 393 g/mol. The first-order valence-electron chi connectivity index (χ1n) is 8.26. The average Bonchev–Trinajstić information content (AvgIpc) is 2.57. The maximum atomic E-state index is 12.0. The maximum absolute atomic E-state index is 12.0. The third kappa shape index (κ3) is 7.94. The highest BCUT2D eigenvalue weighted by atomic mass is 35.5. The van der Waals surface area contributed by atoms with E-state index in [0.717, 1.165) is 0 Å². The molecule has 0 heterocycles. The molecule has 3 amide bonds. The number of halogens is 2. The van der Waals surface area contributed by atoms with E-state index >= 15 is 0 Å². The van der Waals surface area contributed by atoms with Gasteiger partial charge in [-0.25, -0.2) is 0 Å². The van der Waals surface area contributed by atoms with Crippen molar-refractivity contribution in [1.29, 1.82) is 5.41 Å². The number of amides is 3. The van der Waals surface area contributed by atoms with Crippen LogP contribution in [0.25, 0.3) is 0 Å². The van der Waals surface area contributed by atoms with Crippen LogP contribution >= 0.6 is 23.2 Å². The molecule has 0 saturated heterocycles. The van der Waals surface area contributed by atoms with Gasteiger partial charge in [-0.15, -0.1) is 0 Å². The summed E-state index contributed by atoms with van der Waals surface area (Å²) in [6, 6.07) is 4.20. The van der Waals surface area contributed by atoms with Crippen molar-refractivity contribution in [2.24, 2.45) is 11.7 Å². The number of benzene rings is 1. The number of nitrogens with one attached hydrogen (secondary N) is 4. The lowest BCUT2D eigenvalue weighted by Crippen LogP contribution is -2.46. The Balaban J connectivity index is 2.38. The van der Waals surface area contributed by atoms with E-state index in [0.29, 0.717) is 15.6 Å². The minimum Gasteiger partial charge on any atom is -0.354 e. The molecule has 148 valence electrons. The lowest BCUT2D eigenvalue weighted by atomic mass is 10.1. The molecule has 1 aromatic rings. The molecule has 27 heavy (non-hydrogen) atoms. The highest BCUT2D eigenvalue weighted by molar-refractivity contribution is 6.36. The second kappa shape index (κ2) is 10.9. The normalized spacial score (nSPS) is 11.6. The Kier molecular flexibility index (Phi) is 9.20. The zero-order valence-electron chi connectivity index (χ0n) is 15.1. The number of guanidine groups is 1. The molecule has 0 radical (unpaired) electrons. The van der Waals surface area contributed by atoms with Crippen molar-refractivity contribution in [1.82, 2.24) is 16.0 Å². The highest BCUT2D eigenvalue weighted by Gasteiger charge is 2.17. The van der Waals surface area contributed by atoms with Gasteiger partial charge in [-0.3, -0.25) is 30.4 Å². The van der Waals surface area contributed by atoms with Gasteiger partial charge in [0.15, 0.2) is 0 Å². The largest absolute Gasteiger partial charge is 0.354 e. The monoisotopic (exact) mass is 415 g/mol. The predicted octanol–water partition coefficient (Wildman–Crippen LogP) is 1.19. The highest BCUT2D eigenvalue weighted by Crippen LogP contribution is 2.24. The van der Waals surface area contributed by atoms with Gasteiger partial charge >= 0.3 is 0 Å². The quantitative estimate of drug-likeness (QED) is 0.337. The van der Waals surface area contributed by atoms with Crippen LogP contribution in [-0.2, 0) is 20.8 Å². The smallest absolute Gasteiger partial charge is 0.237 e. The number of carbonyl (C=O) groups excluding carboxylic acids is 3. The number of hydrogen-bond donors (Lipinski definition) is 5. The Morgan fingerprint density at radius 1 is 1.11 bits per heavy atom. The second-order valence-electron chi connectivity index (χ2n) is 6.16. The van der Waals surface area contributed by atoms with Crippen LogP contribution in [-0.4, -0.2) is 36.3 Å². The van der Waals surface area contributed by atoms with Crippen molar-refractivity contribution >= 4 is 46.9 Å². The van der Waals surface area contributed by atoms with E-state index in [1.165, 1.54) is 0 Å². The maximum Gasteiger partial charge on any atom is 0.237 e. The molecule has 10 heteroatoms. The fraction of sp³-hybridized carbons (Fsp3) is 0.412. The van der Waals surface area contributed by atoms with E-state index in [-0.39, 0.29) is 31.2 Å². The van der Waals surface area contributed by atoms with Crippen LogP contribution in [0.3, 0.4) is 0 Å². The van der Waals surface area contributed by atoms with Crippen LogP contribution in [0.15, 0.2) is 18.2 Å². The molecule has 0 fully saturated rings. The van der Waals surface area contributed by atoms with Crippen molar-refractivity contribution in [2.45, 2.75) is 32.7 Å². The summed E-state index contributed by atoms with van der Waals surface area (Å²) in [4.78, 5) is 35.4. The van der Waals surface area contributed by atoms with Gasteiger partial charge in [0, 0.05) is 23.0 Å². The summed E-state index contributed by atoms with van der Waals surface area (Å²) in [6.45, 7) is 3.70. The number of carbonyl (C=O) groups is 3. The Labute approximate surface area is 167 Å². The van der Waals surface area contributed by atoms with Crippen molar-refractivity contribution in [3.8, 4) is 0 Å². The van der Waals surface area contributed by atoms with Gasteiger partial charge in [-0.1, -0.05) is 43.1 Å². The molecule has 0 aliphatic carbocycles. The van der Waals surface area contributed by atoms with Crippen LogP contribution in [0.1, 0.15) is 25.8 Å². The Hall–Kier alpha value is -2.16. The number of rotatable bonds is 7. The van der Waals surface area contributed by atoms with Gasteiger partial charge in [0.25, 0.3) is 0 Å². The molecule has 1 atom stereocenters. The third-order valence-corrected chi connectivity index (χ3v) is 4.31. The van der Waals surface area contributed by atoms with E-state index in [2.05, 4.69) is 16.0 Å². The molecule has 0 bridgehead atoms. The van der Waals surface area contributed by atoms with E-state index in [1.54, 1.807) is 18.2 Å². The summed E-state index contributed by atoms with van der Waals surface area (Å²) in [5, 5.41) is 15.3. The molecule has 0 aliphatic rings. The fourth-order valence-electron chi connectivity index (χ4n) is 2.00. The lowest BCUT2D eigenvalue weighted by molar-refractivity contribution is -0.123. The lowest BCUT2D eigenvalue weighted by Gasteiger charge is -2.15. The van der Waals surface area contributed by atoms with Crippen molar-refractivity contribution in [2.75, 3.05) is 6.54 Å². The van der Waals surface area contributed by atoms with Gasteiger partial charge < -0.3 is 11.1 Å². The van der Waals surface area contributed by atoms with Crippen LogP contribution < -0.4 is 21.7 Å². The summed E-state index contributed by atoms with van der Waals surface area (Å²) in [6.07, 6.45) is -0.203. The zero-order valence-corrected chi connectivity index (χ0v) is 16.6. The van der Waals surface area contributed by atoms with E-state index in [1.807, 2.05) is 13.8 Å². The van der Waals surface area contributed by atoms with Gasteiger partial charge in [0.2, 0.25) is 23.7 Å². The Morgan fingerprint density at radius 2 is 1.67 bits per heavy atom. The van der Waals surface area contributed by atoms with Crippen LogP contribution in [0, 0.1) is 11.3 Å². The first-order chi connectivity index (χ1) is 12.6. The first-order valence-corrected chi connectivity index (χ1v) is 9.01. The molecule has 1 aromatic carbocycles. The summed E-state index contributed by atoms with van der Waals surface area (Å²) >= 11 is 12.0. The predicted molar refractivity (Wildman–Crippen MR) is 105 cm³/mol. The van der Waals surface area contributed by atoms with Gasteiger partial charge in [-0.05, 0) is 23.6 Å². The molecule has 0 aromatic heterocycles. The van der Waals surface area contributed by atoms with E-state index in [9.17, 15) is 14.4 Å². The average molecular weight is 416 g/mol. The summed E-state index contributed by atoms with van der Waals surface area (Å²) in [5.74, 6) is -1.92. The third-order valence-electron chi connectivity index (χ3n) is 3.60.